The first-order valence-electron chi connectivity index (χ1n) is 4.91. The fourth-order valence-corrected chi connectivity index (χ4v) is 2.19. The van der Waals surface area contributed by atoms with E-state index in [2.05, 4.69) is 20.6 Å². The summed E-state index contributed by atoms with van der Waals surface area (Å²) in [6, 6.07) is 11.3. The average Bonchev–Trinajstić information content (AvgIpc) is 2.79. The zero-order valence-electron chi connectivity index (χ0n) is 8.69. The molecule has 0 aliphatic rings. The minimum atomic E-state index is 0.621. The third-order valence-corrected chi connectivity index (χ3v) is 3.20. The molecule has 0 unspecified atom stereocenters. The predicted octanol–water partition coefficient (Wildman–Crippen LogP) is 1.25. The summed E-state index contributed by atoms with van der Waals surface area (Å²) >= 11 is 1.48. The van der Waals surface area contributed by atoms with Crippen molar-refractivity contribution in [2.75, 3.05) is 5.73 Å². The Bertz CT molecular complexity index is 664. The van der Waals surface area contributed by atoms with Gasteiger partial charge in [0.25, 0.3) is 0 Å². The summed E-state index contributed by atoms with van der Waals surface area (Å²) in [7, 11) is 0. The van der Waals surface area contributed by atoms with Crippen LogP contribution in [0, 0.1) is 0 Å². The maximum absolute atomic E-state index is 5.87. The van der Waals surface area contributed by atoms with E-state index in [1.807, 2.05) is 36.4 Å². The lowest BCUT2D eigenvalue weighted by Crippen LogP contribution is -1.95. The molecule has 2 aromatic heterocycles. The first-order chi connectivity index (χ1) is 8.33. The standard InChI is InChI=1S/C10H8N6S/c11-7-3-1-2-4-8(7)17-10-6-5-9-12-14-15-16(9)13-10/h1-6H,11H2. The van der Waals surface area contributed by atoms with Crippen molar-refractivity contribution in [3.8, 4) is 0 Å². The number of benzene rings is 1. The van der Waals surface area contributed by atoms with E-state index in [-0.39, 0.29) is 0 Å². The van der Waals surface area contributed by atoms with Crippen molar-refractivity contribution in [1.29, 1.82) is 0 Å². The van der Waals surface area contributed by atoms with Crippen LogP contribution in [0.4, 0.5) is 5.69 Å². The molecular weight excluding hydrogens is 236 g/mol. The van der Waals surface area contributed by atoms with Gasteiger partial charge in [-0.1, -0.05) is 23.9 Å². The van der Waals surface area contributed by atoms with Crippen molar-refractivity contribution in [1.82, 2.24) is 25.3 Å². The molecule has 0 radical (unpaired) electrons. The van der Waals surface area contributed by atoms with Crippen LogP contribution in [0.5, 0.6) is 0 Å². The normalized spacial score (nSPS) is 10.8. The molecule has 0 saturated heterocycles. The summed E-state index contributed by atoms with van der Waals surface area (Å²) < 4.78 is 1.39. The molecule has 2 heterocycles. The van der Waals surface area contributed by atoms with Gasteiger partial charge in [-0.3, -0.25) is 0 Å². The Morgan fingerprint density at radius 3 is 2.88 bits per heavy atom. The Kier molecular flexibility index (Phi) is 2.37. The molecule has 3 rings (SSSR count). The zero-order chi connectivity index (χ0) is 11.7. The van der Waals surface area contributed by atoms with Crippen LogP contribution >= 0.6 is 11.8 Å². The highest BCUT2D eigenvalue weighted by Gasteiger charge is 2.04. The van der Waals surface area contributed by atoms with Gasteiger partial charge >= 0.3 is 0 Å². The summed E-state index contributed by atoms with van der Waals surface area (Å²) in [4.78, 5) is 0.965. The van der Waals surface area contributed by atoms with E-state index in [0.29, 0.717) is 5.65 Å². The number of nitrogens with two attached hydrogens (primary N) is 1. The largest absolute Gasteiger partial charge is 0.398 e. The van der Waals surface area contributed by atoms with Gasteiger partial charge in [0.1, 0.15) is 5.03 Å². The van der Waals surface area contributed by atoms with Crippen LogP contribution in [-0.4, -0.2) is 25.3 Å². The number of fused-ring (bicyclic) bond motifs is 1. The third kappa shape index (κ3) is 1.92. The number of para-hydroxylation sites is 1. The van der Waals surface area contributed by atoms with Gasteiger partial charge in [-0.15, -0.1) is 14.8 Å². The first-order valence-corrected chi connectivity index (χ1v) is 5.72. The fraction of sp³-hybridized carbons (Fsp3) is 0. The van der Waals surface area contributed by atoms with E-state index in [4.69, 9.17) is 5.73 Å². The van der Waals surface area contributed by atoms with Crippen molar-refractivity contribution in [2.24, 2.45) is 0 Å². The maximum Gasteiger partial charge on any atom is 0.200 e. The van der Waals surface area contributed by atoms with Crippen molar-refractivity contribution >= 4 is 23.1 Å². The van der Waals surface area contributed by atoms with E-state index in [9.17, 15) is 0 Å². The van der Waals surface area contributed by atoms with Crippen LogP contribution in [0.25, 0.3) is 5.65 Å². The van der Waals surface area contributed by atoms with Gasteiger partial charge in [0.2, 0.25) is 0 Å². The molecule has 2 N–H and O–H groups in total. The van der Waals surface area contributed by atoms with Crippen molar-refractivity contribution < 1.29 is 0 Å². The lowest BCUT2D eigenvalue weighted by Gasteiger charge is -2.03. The lowest BCUT2D eigenvalue weighted by atomic mass is 10.3. The van der Waals surface area contributed by atoms with E-state index in [0.717, 1.165) is 15.6 Å². The maximum atomic E-state index is 5.87. The summed E-state index contributed by atoms with van der Waals surface area (Å²) in [6.45, 7) is 0. The molecule has 7 heteroatoms. The molecule has 0 spiro atoms. The topological polar surface area (TPSA) is 82.0 Å². The van der Waals surface area contributed by atoms with Crippen LogP contribution in [-0.2, 0) is 0 Å². The van der Waals surface area contributed by atoms with Crippen molar-refractivity contribution in [2.45, 2.75) is 9.92 Å². The highest BCUT2D eigenvalue weighted by atomic mass is 32.2. The van der Waals surface area contributed by atoms with Crippen LogP contribution in [0.3, 0.4) is 0 Å². The predicted molar refractivity (Wildman–Crippen MR) is 63.6 cm³/mol. The molecule has 0 atom stereocenters. The molecule has 0 saturated carbocycles. The van der Waals surface area contributed by atoms with Crippen LogP contribution < -0.4 is 5.73 Å². The van der Waals surface area contributed by atoms with Gasteiger partial charge in [-0.2, -0.15) is 0 Å². The number of hydrogen-bond donors (Lipinski definition) is 1. The number of aromatic nitrogens is 5. The number of rotatable bonds is 2. The van der Waals surface area contributed by atoms with Gasteiger partial charge in [0.05, 0.1) is 0 Å². The molecule has 0 aliphatic heterocycles. The second-order valence-electron chi connectivity index (χ2n) is 3.34. The Balaban J connectivity index is 1.97. The number of hydrogen-bond acceptors (Lipinski definition) is 6. The third-order valence-electron chi connectivity index (χ3n) is 2.18. The molecule has 6 nitrogen and oxygen atoms in total. The summed E-state index contributed by atoms with van der Waals surface area (Å²) in [5.74, 6) is 0. The highest BCUT2D eigenvalue weighted by Crippen LogP contribution is 2.30. The number of nitrogens with zero attached hydrogens (tertiary/aromatic N) is 5. The summed E-state index contributed by atoms with van der Waals surface area (Å²) in [6.07, 6.45) is 0. The average molecular weight is 244 g/mol. The van der Waals surface area contributed by atoms with Gasteiger partial charge in [0, 0.05) is 10.6 Å². The molecule has 0 bridgehead atoms. The number of anilines is 1. The van der Waals surface area contributed by atoms with E-state index in [1.165, 1.54) is 16.4 Å². The SMILES string of the molecule is Nc1ccccc1Sc1ccc2nnnn2n1. The Morgan fingerprint density at radius 1 is 1.12 bits per heavy atom. The molecule has 17 heavy (non-hydrogen) atoms. The molecule has 3 aromatic rings. The van der Waals surface area contributed by atoms with Gasteiger partial charge in [-0.05, 0) is 34.7 Å². The van der Waals surface area contributed by atoms with Crippen LogP contribution in [0.15, 0.2) is 46.3 Å². The zero-order valence-corrected chi connectivity index (χ0v) is 9.50. The second-order valence-corrected chi connectivity index (χ2v) is 4.40. The van der Waals surface area contributed by atoms with Gasteiger partial charge in [0.15, 0.2) is 5.65 Å². The minimum Gasteiger partial charge on any atom is -0.398 e. The van der Waals surface area contributed by atoms with Gasteiger partial charge in [-0.25, -0.2) is 0 Å². The molecular formula is C10H8N6S. The molecule has 0 aliphatic carbocycles. The lowest BCUT2D eigenvalue weighted by molar-refractivity contribution is 0.702. The van der Waals surface area contributed by atoms with Gasteiger partial charge < -0.3 is 5.73 Å². The molecule has 1 aromatic carbocycles. The van der Waals surface area contributed by atoms with Crippen molar-refractivity contribution in [3.05, 3.63) is 36.4 Å². The highest BCUT2D eigenvalue weighted by molar-refractivity contribution is 7.99. The molecule has 84 valence electrons. The smallest absolute Gasteiger partial charge is 0.200 e. The fourth-order valence-electron chi connectivity index (χ4n) is 1.37. The molecule has 0 fully saturated rings. The van der Waals surface area contributed by atoms with Crippen LogP contribution in [0.1, 0.15) is 0 Å². The number of nitrogen functional groups attached to an aromatic ring is 1. The first kappa shape index (κ1) is 10.0. The summed E-state index contributed by atoms with van der Waals surface area (Å²) in [5.41, 5.74) is 7.22. The summed E-state index contributed by atoms with van der Waals surface area (Å²) in [5, 5.41) is 16.1. The molecule has 0 amide bonds. The number of tetrazole rings is 1. The monoisotopic (exact) mass is 244 g/mol. The van der Waals surface area contributed by atoms with Crippen LogP contribution in [0.2, 0.25) is 0 Å². The minimum absolute atomic E-state index is 0.621. The Hall–Kier alpha value is -2.15. The van der Waals surface area contributed by atoms with E-state index >= 15 is 0 Å². The van der Waals surface area contributed by atoms with E-state index in [1.54, 1.807) is 0 Å². The quantitative estimate of drug-likeness (QED) is 0.683. The second kappa shape index (κ2) is 4.02. The van der Waals surface area contributed by atoms with E-state index < -0.39 is 0 Å². The Morgan fingerprint density at radius 2 is 2.00 bits per heavy atom. The van der Waals surface area contributed by atoms with Crippen molar-refractivity contribution in [3.63, 3.8) is 0 Å². The Labute approximate surface area is 101 Å².